The number of nitrogens with one attached hydrogen (secondary N) is 2. The predicted octanol–water partition coefficient (Wildman–Crippen LogP) is 4.62. The minimum atomic E-state index is -0.870. The summed E-state index contributed by atoms with van der Waals surface area (Å²) in [5, 5.41) is 17.1. The molecule has 0 spiro atoms. The second kappa shape index (κ2) is 9.02. The molecular formula is C17H17Cl2N3O3S. The van der Waals surface area contributed by atoms with Crippen molar-refractivity contribution in [1.29, 1.82) is 0 Å². The van der Waals surface area contributed by atoms with Crippen molar-refractivity contribution in [2.75, 3.05) is 5.32 Å². The number of nitrogens with zero attached hydrogens (tertiary/aromatic N) is 1. The minimum Gasteiger partial charge on any atom is -0.481 e. The lowest BCUT2D eigenvalue weighted by Crippen LogP contribution is -2.25. The van der Waals surface area contributed by atoms with Gasteiger partial charge >= 0.3 is 5.97 Å². The van der Waals surface area contributed by atoms with E-state index < -0.39 is 5.97 Å². The third-order valence-electron chi connectivity index (χ3n) is 3.45. The van der Waals surface area contributed by atoms with Crippen LogP contribution in [-0.4, -0.2) is 21.9 Å². The van der Waals surface area contributed by atoms with Crippen molar-refractivity contribution in [2.24, 2.45) is 5.10 Å². The van der Waals surface area contributed by atoms with Gasteiger partial charge in [0.25, 0.3) is 0 Å². The van der Waals surface area contributed by atoms with Crippen LogP contribution in [0.1, 0.15) is 30.4 Å². The fourth-order valence-corrected chi connectivity index (χ4v) is 2.80. The highest BCUT2D eigenvalue weighted by Gasteiger charge is 2.12. The van der Waals surface area contributed by atoms with Crippen LogP contribution in [0.15, 0.2) is 33.8 Å². The Balaban J connectivity index is 2.00. The van der Waals surface area contributed by atoms with E-state index in [0.717, 1.165) is 5.56 Å². The predicted molar refractivity (Wildman–Crippen MR) is 107 cm³/mol. The first-order valence-corrected chi connectivity index (χ1v) is 8.80. The first kappa shape index (κ1) is 20.2. The van der Waals surface area contributed by atoms with Gasteiger partial charge in [0.15, 0.2) is 5.11 Å². The molecule has 0 fully saturated rings. The zero-order chi connectivity index (χ0) is 19.3. The normalized spacial score (nSPS) is 11.3. The van der Waals surface area contributed by atoms with Gasteiger partial charge < -0.3 is 14.8 Å². The number of aryl methyl sites for hydroxylation is 2. The molecule has 0 bridgehead atoms. The van der Waals surface area contributed by atoms with Crippen LogP contribution in [-0.2, 0) is 11.2 Å². The lowest BCUT2D eigenvalue weighted by molar-refractivity contribution is -0.137. The maximum absolute atomic E-state index is 10.7. The first-order chi connectivity index (χ1) is 12.3. The number of furan rings is 1. The third kappa shape index (κ3) is 5.72. The van der Waals surface area contributed by atoms with E-state index in [9.17, 15) is 4.79 Å². The van der Waals surface area contributed by atoms with Crippen LogP contribution in [0.3, 0.4) is 0 Å². The van der Waals surface area contributed by atoms with Crippen molar-refractivity contribution in [1.82, 2.24) is 5.43 Å². The van der Waals surface area contributed by atoms with E-state index in [2.05, 4.69) is 15.8 Å². The molecule has 0 aliphatic rings. The van der Waals surface area contributed by atoms with Crippen molar-refractivity contribution >= 4 is 57.9 Å². The highest BCUT2D eigenvalue weighted by Crippen LogP contribution is 2.25. The van der Waals surface area contributed by atoms with E-state index in [4.69, 9.17) is 44.9 Å². The Labute approximate surface area is 166 Å². The van der Waals surface area contributed by atoms with Gasteiger partial charge in [-0.15, -0.1) is 0 Å². The Morgan fingerprint density at radius 1 is 1.35 bits per heavy atom. The summed E-state index contributed by atoms with van der Waals surface area (Å²) < 4.78 is 5.57. The molecule has 0 amide bonds. The SMILES string of the molecule is C/C(=N/NC(=S)Nc1ccc(Cl)cc1Cl)c1cc(CCC(=O)O)oc1C. The summed E-state index contributed by atoms with van der Waals surface area (Å²) >= 11 is 17.1. The third-order valence-corrected chi connectivity index (χ3v) is 4.19. The molecule has 2 rings (SSSR count). The largest absolute Gasteiger partial charge is 0.481 e. The number of hydrazone groups is 1. The summed E-state index contributed by atoms with van der Waals surface area (Å²) in [5.74, 6) is 0.390. The van der Waals surface area contributed by atoms with Gasteiger partial charge in [0, 0.05) is 17.0 Å². The molecule has 0 aliphatic carbocycles. The minimum absolute atomic E-state index is 0.0106. The Morgan fingerprint density at radius 2 is 2.08 bits per heavy atom. The first-order valence-electron chi connectivity index (χ1n) is 7.64. The summed E-state index contributed by atoms with van der Waals surface area (Å²) in [6, 6.07) is 6.80. The summed E-state index contributed by atoms with van der Waals surface area (Å²) in [4.78, 5) is 10.7. The lowest BCUT2D eigenvalue weighted by atomic mass is 10.1. The lowest BCUT2D eigenvalue weighted by Gasteiger charge is -2.09. The standard InChI is InChI=1S/C17H17Cl2N3O3S/c1-9(13-8-12(25-10(13)2)4-6-16(23)24)21-22-17(26)20-15-5-3-11(18)7-14(15)19/h3,5,7-8H,4,6H2,1-2H3,(H,23,24)(H2,20,22,26)/b21-9-. The molecule has 9 heteroatoms. The van der Waals surface area contributed by atoms with Crippen molar-refractivity contribution in [3.8, 4) is 0 Å². The summed E-state index contributed by atoms with van der Waals surface area (Å²) in [6.07, 6.45) is 0.336. The Kier molecular flexibility index (Phi) is 7.02. The molecule has 0 radical (unpaired) electrons. The number of thiocarbonyl (C=S) groups is 1. The van der Waals surface area contributed by atoms with E-state index >= 15 is 0 Å². The van der Waals surface area contributed by atoms with E-state index in [1.54, 1.807) is 38.1 Å². The second-order valence-electron chi connectivity index (χ2n) is 5.46. The van der Waals surface area contributed by atoms with Crippen LogP contribution >= 0.6 is 35.4 Å². The average molecular weight is 414 g/mol. The molecule has 1 aromatic heterocycles. The number of halogens is 2. The van der Waals surface area contributed by atoms with E-state index in [1.165, 1.54) is 0 Å². The molecule has 0 saturated carbocycles. The quantitative estimate of drug-likeness (QED) is 0.363. The Morgan fingerprint density at radius 3 is 2.73 bits per heavy atom. The van der Waals surface area contributed by atoms with Crippen molar-refractivity contribution in [3.05, 3.63) is 51.4 Å². The number of carboxylic acids is 1. The number of benzene rings is 1. The fourth-order valence-electron chi connectivity index (χ4n) is 2.19. The van der Waals surface area contributed by atoms with Gasteiger partial charge in [-0.05, 0) is 50.3 Å². The monoisotopic (exact) mass is 413 g/mol. The molecule has 0 atom stereocenters. The van der Waals surface area contributed by atoms with Gasteiger partial charge in [0.05, 0.1) is 22.8 Å². The van der Waals surface area contributed by atoms with Gasteiger partial charge in [-0.1, -0.05) is 23.2 Å². The van der Waals surface area contributed by atoms with Crippen LogP contribution in [0.25, 0.3) is 0 Å². The molecule has 0 aliphatic heterocycles. The van der Waals surface area contributed by atoms with Gasteiger partial charge in [-0.3, -0.25) is 10.2 Å². The van der Waals surface area contributed by atoms with Gasteiger partial charge in [0.1, 0.15) is 11.5 Å². The maximum atomic E-state index is 10.7. The molecule has 3 N–H and O–H groups in total. The van der Waals surface area contributed by atoms with Crippen LogP contribution in [0, 0.1) is 6.92 Å². The van der Waals surface area contributed by atoms with E-state index in [-0.39, 0.29) is 11.5 Å². The number of carboxylic acid groups (broad SMARTS) is 1. The summed E-state index contributed by atoms with van der Waals surface area (Å²) in [6.45, 7) is 3.59. The van der Waals surface area contributed by atoms with E-state index in [0.29, 0.717) is 39.4 Å². The number of rotatable bonds is 6. The molecular weight excluding hydrogens is 397 g/mol. The van der Waals surface area contributed by atoms with Crippen LogP contribution in [0.5, 0.6) is 0 Å². The van der Waals surface area contributed by atoms with E-state index in [1.807, 2.05) is 0 Å². The van der Waals surface area contributed by atoms with Crippen molar-refractivity contribution in [2.45, 2.75) is 26.7 Å². The molecule has 0 unspecified atom stereocenters. The van der Waals surface area contributed by atoms with Crippen molar-refractivity contribution < 1.29 is 14.3 Å². The number of carbonyl (C=O) groups is 1. The molecule has 26 heavy (non-hydrogen) atoms. The van der Waals surface area contributed by atoms with Crippen molar-refractivity contribution in [3.63, 3.8) is 0 Å². The highest BCUT2D eigenvalue weighted by atomic mass is 35.5. The molecule has 138 valence electrons. The molecule has 6 nitrogen and oxygen atoms in total. The number of hydrogen-bond donors (Lipinski definition) is 3. The van der Waals surface area contributed by atoms with Gasteiger partial charge in [-0.25, -0.2) is 0 Å². The zero-order valence-electron chi connectivity index (χ0n) is 14.1. The highest BCUT2D eigenvalue weighted by molar-refractivity contribution is 7.80. The molecule has 0 saturated heterocycles. The zero-order valence-corrected chi connectivity index (χ0v) is 16.4. The summed E-state index contributed by atoms with van der Waals surface area (Å²) in [5.41, 5.74) is 4.78. The number of anilines is 1. The van der Waals surface area contributed by atoms with Crippen LogP contribution in [0.2, 0.25) is 10.0 Å². The van der Waals surface area contributed by atoms with Gasteiger partial charge in [0.2, 0.25) is 0 Å². The topological polar surface area (TPSA) is 86.9 Å². The molecule has 1 heterocycles. The fraction of sp³-hybridized carbons (Fsp3) is 0.235. The smallest absolute Gasteiger partial charge is 0.303 e. The molecule has 2 aromatic rings. The average Bonchev–Trinajstić information content (AvgIpc) is 2.94. The van der Waals surface area contributed by atoms with Crippen LogP contribution < -0.4 is 10.7 Å². The molecule has 1 aromatic carbocycles. The Bertz CT molecular complexity index is 865. The summed E-state index contributed by atoms with van der Waals surface area (Å²) in [7, 11) is 0. The number of aliphatic carboxylic acids is 1. The second-order valence-corrected chi connectivity index (χ2v) is 6.72. The van der Waals surface area contributed by atoms with Gasteiger partial charge in [-0.2, -0.15) is 5.10 Å². The Hall–Kier alpha value is -2.09. The number of hydrogen-bond acceptors (Lipinski definition) is 4. The van der Waals surface area contributed by atoms with Crippen LogP contribution in [0.4, 0.5) is 5.69 Å². The maximum Gasteiger partial charge on any atom is 0.303 e.